The lowest BCUT2D eigenvalue weighted by Crippen LogP contribution is -2.07. The highest BCUT2D eigenvalue weighted by molar-refractivity contribution is 7.15. The molecule has 0 aliphatic heterocycles. The van der Waals surface area contributed by atoms with E-state index in [1.165, 1.54) is 17.4 Å². The van der Waals surface area contributed by atoms with E-state index >= 15 is 0 Å². The lowest BCUT2D eigenvalue weighted by atomic mass is 10.0. The fourth-order valence-electron chi connectivity index (χ4n) is 2.32. The van der Waals surface area contributed by atoms with Gasteiger partial charge in [-0.25, -0.2) is 4.98 Å². The Balaban J connectivity index is 2.11. The van der Waals surface area contributed by atoms with Gasteiger partial charge in [0.1, 0.15) is 5.01 Å². The molecule has 2 aromatic rings. The minimum atomic E-state index is -0.531. The first kappa shape index (κ1) is 12.3. The second kappa shape index (κ2) is 4.71. The Morgan fingerprint density at radius 2 is 2.21 bits per heavy atom. The smallest absolute Gasteiger partial charge is 0.279 e. The summed E-state index contributed by atoms with van der Waals surface area (Å²) in [5.41, 5.74) is 1.28. The van der Waals surface area contributed by atoms with Crippen molar-refractivity contribution in [2.24, 2.45) is 0 Å². The molecule has 6 heteroatoms. The molecule has 98 valence electrons. The van der Waals surface area contributed by atoms with Gasteiger partial charge in [0.05, 0.1) is 22.3 Å². The number of fused-ring (bicyclic) bond motifs is 1. The molecule has 0 radical (unpaired) electrons. The molecule has 0 saturated heterocycles. The molecule has 1 aliphatic rings. The van der Waals surface area contributed by atoms with Gasteiger partial charge in [0.2, 0.25) is 0 Å². The Hall–Kier alpha value is -1.79. The molecule has 0 bridgehead atoms. The molecule has 1 heterocycles. The van der Waals surface area contributed by atoms with Crippen LogP contribution in [0.5, 0.6) is 0 Å². The predicted octanol–water partition coefficient (Wildman–Crippen LogP) is 3.09. The third-order valence-electron chi connectivity index (χ3n) is 3.26. The summed E-state index contributed by atoms with van der Waals surface area (Å²) in [5.74, 6) is 0. The maximum atomic E-state index is 11.0. The lowest BCUT2D eigenvalue weighted by molar-refractivity contribution is -0.384. The Bertz CT molecular complexity index is 639. The Morgan fingerprint density at radius 3 is 2.95 bits per heavy atom. The van der Waals surface area contributed by atoms with Crippen molar-refractivity contribution in [1.29, 1.82) is 0 Å². The molecular weight excluding hydrogens is 264 g/mol. The number of rotatable bonds is 2. The number of nitro benzene ring substituents is 1. The topological polar surface area (TPSA) is 76.3 Å². The van der Waals surface area contributed by atoms with Crippen molar-refractivity contribution in [3.05, 3.63) is 45.0 Å². The zero-order chi connectivity index (χ0) is 13.4. The number of para-hydroxylation sites is 1. The van der Waals surface area contributed by atoms with E-state index in [-0.39, 0.29) is 5.69 Å². The van der Waals surface area contributed by atoms with Crippen LogP contribution in [0.15, 0.2) is 24.3 Å². The average molecular weight is 276 g/mol. The van der Waals surface area contributed by atoms with Gasteiger partial charge in [0.25, 0.3) is 5.69 Å². The van der Waals surface area contributed by atoms with E-state index in [1.54, 1.807) is 18.2 Å². The van der Waals surface area contributed by atoms with Crippen LogP contribution in [0.25, 0.3) is 10.6 Å². The Morgan fingerprint density at radius 1 is 1.42 bits per heavy atom. The quantitative estimate of drug-likeness (QED) is 0.675. The zero-order valence-corrected chi connectivity index (χ0v) is 10.9. The fraction of sp³-hybridized carbons (Fsp3) is 0.308. The summed E-state index contributed by atoms with van der Waals surface area (Å²) < 4.78 is 0. The van der Waals surface area contributed by atoms with Crippen LogP contribution in [0.4, 0.5) is 5.69 Å². The van der Waals surface area contributed by atoms with Crippen molar-refractivity contribution < 1.29 is 10.0 Å². The monoisotopic (exact) mass is 276 g/mol. The fourth-order valence-corrected chi connectivity index (χ4v) is 3.52. The van der Waals surface area contributed by atoms with E-state index in [0.717, 1.165) is 17.7 Å². The molecular formula is C13H12N2O3S. The summed E-state index contributed by atoms with van der Waals surface area (Å²) in [7, 11) is 0. The number of aryl methyl sites for hydroxylation is 1. The summed E-state index contributed by atoms with van der Waals surface area (Å²) in [6.45, 7) is 0. The molecule has 3 rings (SSSR count). The molecule has 0 fully saturated rings. The highest BCUT2D eigenvalue weighted by Crippen LogP contribution is 2.39. The number of nitrogens with zero attached hydrogens (tertiary/aromatic N) is 2. The largest absolute Gasteiger partial charge is 0.387 e. The first-order chi connectivity index (χ1) is 9.16. The molecule has 5 nitrogen and oxygen atoms in total. The molecule has 0 spiro atoms. The molecule has 0 saturated carbocycles. The van der Waals surface area contributed by atoms with Crippen molar-refractivity contribution >= 4 is 17.0 Å². The third kappa shape index (κ3) is 2.13. The molecule has 1 unspecified atom stereocenters. The summed E-state index contributed by atoms with van der Waals surface area (Å²) in [5, 5.41) is 21.6. The first-order valence-electron chi connectivity index (χ1n) is 6.08. The number of benzene rings is 1. The summed E-state index contributed by atoms with van der Waals surface area (Å²) in [4.78, 5) is 16.1. The van der Waals surface area contributed by atoms with Crippen LogP contribution in [0.3, 0.4) is 0 Å². The van der Waals surface area contributed by atoms with Gasteiger partial charge in [-0.2, -0.15) is 0 Å². The van der Waals surface area contributed by atoms with Crippen LogP contribution in [-0.2, 0) is 6.42 Å². The zero-order valence-electron chi connectivity index (χ0n) is 10.1. The number of thiazole rings is 1. The van der Waals surface area contributed by atoms with E-state index < -0.39 is 11.0 Å². The average Bonchev–Trinajstić information content (AvgIpc) is 2.84. The highest BCUT2D eigenvalue weighted by atomic mass is 32.1. The van der Waals surface area contributed by atoms with Gasteiger partial charge in [-0.05, 0) is 25.3 Å². The maximum absolute atomic E-state index is 11.0. The highest BCUT2D eigenvalue weighted by Gasteiger charge is 2.25. The van der Waals surface area contributed by atoms with Gasteiger partial charge in [-0.3, -0.25) is 10.1 Å². The molecule has 1 atom stereocenters. The van der Waals surface area contributed by atoms with Crippen LogP contribution in [-0.4, -0.2) is 15.0 Å². The van der Waals surface area contributed by atoms with Gasteiger partial charge >= 0.3 is 0 Å². The van der Waals surface area contributed by atoms with Gasteiger partial charge in [-0.1, -0.05) is 12.1 Å². The summed E-state index contributed by atoms with van der Waals surface area (Å²) in [6, 6.07) is 6.59. The van der Waals surface area contributed by atoms with Gasteiger partial charge in [0.15, 0.2) is 0 Å². The molecule has 0 amide bonds. The van der Waals surface area contributed by atoms with Crippen LogP contribution >= 0.6 is 11.3 Å². The van der Waals surface area contributed by atoms with Gasteiger partial charge in [0, 0.05) is 10.9 Å². The summed E-state index contributed by atoms with van der Waals surface area (Å²) in [6.07, 6.45) is 2.02. The van der Waals surface area contributed by atoms with Crippen molar-refractivity contribution in [3.63, 3.8) is 0 Å². The van der Waals surface area contributed by atoms with Crippen molar-refractivity contribution in [1.82, 2.24) is 4.98 Å². The van der Waals surface area contributed by atoms with Crippen molar-refractivity contribution in [2.45, 2.75) is 25.4 Å². The number of aliphatic hydroxyl groups excluding tert-OH is 1. The number of aromatic nitrogens is 1. The predicted molar refractivity (Wildman–Crippen MR) is 72.1 cm³/mol. The normalized spacial score (nSPS) is 18.1. The van der Waals surface area contributed by atoms with Crippen LogP contribution in [0.2, 0.25) is 0 Å². The van der Waals surface area contributed by atoms with E-state index in [2.05, 4.69) is 4.98 Å². The minimum Gasteiger partial charge on any atom is -0.387 e. The summed E-state index contributed by atoms with van der Waals surface area (Å²) >= 11 is 1.45. The Kier molecular flexibility index (Phi) is 3.04. The van der Waals surface area contributed by atoms with Crippen molar-refractivity contribution in [3.8, 4) is 10.6 Å². The molecule has 19 heavy (non-hydrogen) atoms. The van der Waals surface area contributed by atoms with E-state index in [1.807, 2.05) is 0 Å². The molecule has 1 aromatic heterocycles. The van der Waals surface area contributed by atoms with E-state index in [0.29, 0.717) is 22.7 Å². The van der Waals surface area contributed by atoms with Crippen LogP contribution < -0.4 is 0 Å². The van der Waals surface area contributed by atoms with Crippen molar-refractivity contribution in [2.75, 3.05) is 0 Å². The second-order valence-electron chi connectivity index (χ2n) is 4.51. The lowest BCUT2D eigenvalue weighted by Gasteiger charge is -2.14. The number of hydrogen-bond acceptors (Lipinski definition) is 5. The standard InChI is InChI=1S/C13H12N2O3S/c16-10-6-3-7-11-12(10)14-13(19-11)8-4-1-2-5-9(8)15(17)18/h1-2,4-5,10,16H,3,6-7H2. The number of hydrogen-bond donors (Lipinski definition) is 1. The van der Waals surface area contributed by atoms with E-state index in [9.17, 15) is 15.2 Å². The van der Waals surface area contributed by atoms with Crippen LogP contribution in [0, 0.1) is 10.1 Å². The minimum absolute atomic E-state index is 0.0584. The number of aliphatic hydroxyl groups is 1. The third-order valence-corrected chi connectivity index (χ3v) is 4.42. The van der Waals surface area contributed by atoms with Gasteiger partial charge in [-0.15, -0.1) is 11.3 Å². The molecule has 1 aromatic carbocycles. The first-order valence-corrected chi connectivity index (χ1v) is 6.90. The number of nitro groups is 1. The second-order valence-corrected chi connectivity index (χ2v) is 5.59. The maximum Gasteiger partial charge on any atom is 0.279 e. The molecule has 1 N–H and O–H groups in total. The molecule has 1 aliphatic carbocycles. The van der Waals surface area contributed by atoms with Crippen LogP contribution in [0.1, 0.15) is 29.5 Å². The SMILES string of the molecule is O=[N+]([O-])c1ccccc1-c1nc2c(s1)CCCC2O. The van der Waals surface area contributed by atoms with Gasteiger partial charge < -0.3 is 5.11 Å². The Labute approximate surface area is 113 Å². The van der Waals surface area contributed by atoms with E-state index in [4.69, 9.17) is 0 Å².